The van der Waals surface area contributed by atoms with E-state index < -0.39 is 0 Å². The summed E-state index contributed by atoms with van der Waals surface area (Å²) in [6.45, 7) is 1.93. The molecule has 2 aromatic heterocycles. The van der Waals surface area contributed by atoms with Gasteiger partial charge in [0.1, 0.15) is 23.5 Å². The van der Waals surface area contributed by atoms with Crippen LogP contribution in [0.4, 0.5) is 0 Å². The summed E-state index contributed by atoms with van der Waals surface area (Å²) in [4.78, 5) is 21.1. The highest BCUT2D eigenvalue weighted by Crippen LogP contribution is 2.30. The number of ketones is 1. The molecule has 5 heteroatoms. The first kappa shape index (κ1) is 17.7. The minimum Gasteiger partial charge on any atom is -0.496 e. The van der Waals surface area contributed by atoms with E-state index in [2.05, 4.69) is 9.97 Å². The van der Waals surface area contributed by atoms with Crippen LogP contribution in [0.25, 0.3) is 16.8 Å². The second-order valence-corrected chi connectivity index (χ2v) is 6.46. The van der Waals surface area contributed by atoms with Crippen LogP contribution in [0.1, 0.15) is 21.7 Å². The number of imidazole rings is 1. The highest BCUT2D eigenvalue weighted by atomic mass is 16.5. The molecule has 0 amide bonds. The Kier molecular flexibility index (Phi) is 4.72. The SMILES string of the molecule is COc1ccccc1-c1cccc(-n2cnc(C(=O)c3cc(C)ccn3)c2)c1. The highest BCUT2D eigenvalue weighted by Gasteiger charge is 2.14. The van der Waals surface area contributed by atoms with Crippen molar-refractivity contribution in [3.05, 3.63) is 96.3 Å². The molecular formula is C23H19N3O2. The predicted octanol–water partition coefficient (Wildman–Crippen LogP) is 4.48. The summed E-state index contributed by atoms with van der Waals surface area (Å²) < 4.78 is 7.30. The van der Waals surface area contributed by atoms with E-state index >= 15 is 0 Å². The lowest BCUT2D eigenvalue weighted by molar-refractivity contribution is 0.103. The predicted molar refractivity (Wildman–Crippen MR) is 108 cm³/mol. The second kappa shape index (κ2) is 7.48. The van der Waals surface area contributed by atoms with Gasteiger partial charge in [-0.05, 0) is 48.4 Å². The van der Waals surface area contributed by atoms with Crippen LogP contribution in [0.2, 0.25) is 0 Å². The highest BCUT2D eigenvalue weighted by molar-refractivity contribution is 6.06. The number of aryl methyl sites for hydroxylation is 1. The van der Waals surface area contributed by atoms with Crippen LogP contribution in [0.3, 0.4) is 0 Å². The molecule has 28 heavy (non-hydrogen) atoms. The minimum atomic E-state index is -0.191. The number of ether oxygens (including phenoxy) is 1. The van der Waals surface area contributed by atoms with Gasteiger partial charge in [0.05, 0.1) is 7.11 Å². The number of aromatic nitrogens is 3. The fraction of sp³-hybridized carbons (Fsp3) is 0.0870. The van der Waals surface area contributed by atoms with Gasteiger partial charge >= 0.3 is 0 Å². The Labute approximate surface area is 163 Å². The number of carbonyl (C=O) groups excluding carboxylic acids is 1. The van der Waals surface area contributed by atoms with Crippen molar-refractivity contribution in [2.75, 3.05) is 7.11 Å². The molecule has 0 atom stereocenters. The quantitative estimate of drug-likeness (QED) is 0.487. The zero-order valence-electron chi connectivity index (χ0n) is 15.7. The van der Waals surface area contributed by atoms with Crippen LogP contribution in [-0.2, 0) is 0 Å². The number of rotatable bonds is 5. The molecule has 0 bridgehead atoms. The monoisotopic (exact) mass is 369 g/mol. The van der Waals surface area contributed by atoms with Crippen LogP contribution in [-0.4, -0.2) is 27.4 Å². The summed E-state index contributed by atoms with van der Waals surface area (Å²) in [5.74, 6) is 0.620. The first-order valence-electron chi connectivity index (χ1n) is 8.91. The third-order valence-electron chi connectivity index (χ3n) is 4.53. The Morgan fingerprint density at radius 2 is 1.82 bits per heavy atom. The summed E-state index contributed by atoms with van der Waals surface area (Å²) in [5.41, 5.74) is 4.69. The molecule has 0 aliphatic heterocycles. The van der Waals surface area contributed by atoms with E-state index in [4.69, 9.17) is 4.74 Å². The molecule has 5 nitrogen and oxygen atoms in total. The molecule has 0 saturated heterocycles. The average Bonchev–Trinajstić information content (AvgIpc) is 3.23. The summed E-state index contributed by atoms with van der Waals surface area (Å²) >= 11 is 0. The van der Waals surface area contributed by atoms with Crippen LogP contribution >= 0.6 is 0 Å². The Bertz CT molecular complexity index is 1150. The van der Waals surface area contributed by atoms with Gasteiger partial charge in [-0.3, -0.25) is 9.78 Å². The largest absolute Gasteiger partial charge is 0.496 e. The van der Waals surface area contributed by atoms with E-state index in [9.17, 15) is 4.79 Å². The number of para-hydroxylation sites is 1. The fourth-order valence-electron chi connectivity index (χ4n) is 3.09. The van der Waals surface area contributed by atoms with Crippen LogP contribution in [0.5, 0.6) is 5.75 Å². The molecule has 0 aliphatic carbocycles. The van der Waals surface area contributed by atoms with Crippen molar-refractivity contribution in [2.24, 2.45) is 0 Å². The molecule has 0 aliphatic rings. The molecule has 2 aromatic carbocycles. The Balaban J connectivity index is 1.67. The van der Waals surface area contributed by atoms with Crippen molar-refractivity contribution < 1.29 is 9.53 Å². The first-order valence-corrected chi connectivity index (χ1v) is 8.91. The lowest BCUT2D eigenvalue weighted by atomic mass is 10.0. The molecule has 4 rings (SSSR count). The lowest BCUT2D eigenvalue weighted by Gasteiger charge is -2.10. The van der Waals surface area contributed by atoms with Crippen molar-refractivity contribution in [2.45, 2.75) is 6.92 Å². The smallest absolute Gasteiger partial charge is 0.231 e. The van der Waals surface area contributed by atoms with E-state index in [1.54, 1.807) is 31.9 Å². The van der Waals surface area contributed by atoms with Crippen LogP contribution in [0.15, 0.2) is 79.4 Å². The standard InChI is InChI=1S/C23H19N3O2/c1-16-10-11-24-20(12-16)23(27)21-14-26(15-25-21)18-7-5-6-17(13-18)19-8-3-4-9-22(19)28-2/h3-15H,1-2H3. The number of benzene rings is 2. The van der Waals surface area contributed by atoms with E-state index in [-0.39, 0.29) is 5.78 Å². The Morgan fingerprint density at radius 1 is 0.964 bits per heavy atom. The number of pyridine rings is 1. The van der Waals surface area contributed by atoms with Gasteiger partial charge in [0.15, 0.2) is 0 Å². The number of hydrogen-bond acceptors (Lipinski definition) is 4. The van der Waals surface area contributed by atoms with Crippen molar-refractivity contribution in [1.82, 2.24) is 14.5 Å². The number of nitrogens with zero attached hydrogens (tertiary/aromatic N) is 3. The molecule has 0 radical (unpaired) electrons. The molecule has 0 unspecified atom stereocenters. The third-order valence-corrected chi connectivity index (χ3v) is 4.53. The summed E-state index contributed by atoms with van der Waals surface area (Å²) in [6, 6.07) is 19.5. The molecule has 4 aromatic rings. The number of hydrogen-bond donors (Lipinski definition) is 0. The van der Waals surface area contributed by atoms with E-state index in [1.807, 2.05) is 66.1 Å². The van der Waals surface area contributed by atoms with Gasteiger partial charge in [-0.15, -0.1) is 0 Å². The normalized spacial score (nSPS) is 10.6. The second-order valence-electron chi connectivity index (χ2n) is 6.46. The summed E-state index contributed by atoms with van der Waals surface area (Å²) in [7, 11) is 1.66. The fourth-order valence-corrected chi connectivity index (χ4v) is 3.09. The van der Waals surface area contributed by atoms with Gasteiger partial charge in [0.2, 0.25) is 5.78 Å². The molecule has 0 N–H and O–H groups in total. The van der Waals surface area contributed by atoms with Gasteiger partial charge in [-0.25, -0.2) is 4.98 Å². The summed E-state index contributed by atoms with van der Waals surface area (Å²) in [5, 5.41) is 0. The maximum absolute atomic E-state index is 12.7. The van der Waals surface area contributed by atoms with Gasteiger partial charge in [-0.1, -0.05) is 30.3 Å². The van der Waals surface area contributed by atoms with Gasteiger partial charge < -0.3 is 9.30 Å². The van der Waals surface area contributed by atoms with E-state index in [0.717, 1.165) is 28.1 Å². The molecule has 138 valence electrons. The zero-order valence-corrected chi connectivity index (χ0v) is 15.7. The van der Waals surface area contributed by atoms with Crippen molar-refractivity contribution in [3.8, 4) is 22.6 Å². The molecule has 0 saturated carbocycles. The summed E-state index contributed by atoms with van der Waals surface area (Å²) in [6.07, 6.45) is 5.01. The van der Waals surface area contributed by atoms with Crippen LogP contribution < -0.4 is 4.74 Å². The van der Waals surface area contributed by atoms with Gasteiger partial charge in [0, 0.05) is 23.6 Å². The van der Waals surface area contributed by atoms with Crippen molar-refractivity contribution in [1.29, 1.82) is 0 Å². The first-order chi connectivity index (χ1) is 13.7. The van der Waals surface area contributed by atoms with E-state index in [1.165, 1.54) is 0 Å². The topological polar surface area (TPSA) is 57.0 Å². The average molecular weight is 369 g/mol. The molecule has 2 heterocycles. The van der Waals surface area contributed by atoms with E-state index in [0.29, 0.717) is 11.4 Å². The van der Waals surface area contributed by atoms with Gasteiger partial charge in [0.25, 0.3) is 0 Å². The number of carbonyl (C=O) groups is 1. The maximum atomic E-state index is 12.7. The van der Waals surface area contributed by atoms with Gasteiger partial charge in [-0.2, -0.15) is 0 Å². The lowest BCUT2D eigenvalue weighted by Crippen LogP contribution is -2.04. The third kappa shape index (κ3) is 3.42. The van der Waals surface area contributed by atoms with Crippen molar-refractivity contribution >= 4 is 5.78 Å². The Hall–Kier alpha value is -3.73. The molecule has 0 fully saturated rings. The zero-order chi connectivity index (χ0) is 19.5. The molecular weight excluding hydrogens is 350 g/mol. The Morgan fingerprint density at radius 3 is 2.64 bits per heavy atom. The number of methoxy groups -OCH3 is 1. The van der Waals surface area contributed by atoms with Crippen LogP contribution in [0, 0.1) is 6.92 Å². The maximum Gasteiger partial charge on any atom is 0.231 e. The molecule has 0 spiro atoms. The van der Waals surface area contributed by atoms with Crippen molar-refractivity contribution in [3.63, 3.8) is 0 Å². The minimum absolute atomic E-state index is 0.191.